The Labute approximate surface area is 88.6 Å². The van der Waals surface area contributed by atoms with Gasteiger partial charge in [0.1, 0.15) is 0 Å². The molecule has 0 bridgehead atoms. The molecule has 6 heteroatoms. The largest absolute Gasteiger partial charge is 0.304 e. The first kappa shape index (κ1) is 10.4. The standard InChI is InChI=1S/C9H16N4O2/c1-12-2-4-13(5-3-12)7-6-8(14)10-11-9(7)15/h7H,2-6H2,1H3,(H,10,14)(H,11,15)/t7-/m1/s1. The topological polar surface area (TPSA) is 64.7 Å². The van der Waals surface area contributed by atoms with E-state index < -0.39 is 0 Å². The molecule has 0 radical (unpaired) electrons. The molecule has 0 unspecified atom stereocenters. The highest BCUT2D eigenvalue weighted by Crippen LogP contribution is 2.10. The van der Waals surface area contributed by atoms with Gasteiger partial charge in [-0.25, -0.2) is 0 Å². The highest BCUT2D eigenvalue weighted by Gasteiger charge is 2.33. The van der Waals surface area contributed by atoms with Crippen LogP contribution in [0.3, 0.4) is 0 Å². The van der Waals surface area contributed by atoms with Crippen LogP contribution in [0.5, 0.6) is 0 Å². The van der Waals surface area contributed by atoms with Crippen molar-refractivity contribution in [3.63, 3.8) is 0 Å². The first-order chi connectivity index (χ1) is 7.16. The van der Waals surface area contributed by atoms with E-state index in [1.165, 1.54) is 0 Å². The van der Waals surface area contributed by atoms with Gasteiger partial charge in [-0.1, -0.05) is 0 Å². The molecule has 2 N–H and O–H groups in total. The molecule has 84 valence electrons. The van der Waals surface area contributed by atoms with Crippen LogP contribution in [-0.2, 0) is 9.59 Å². The van der Waals surface area contributed by atoms with E-state index in [4.69, 9.17) is 0 Å². The van der Waals surface area contributed by atoms with Crippen LogP contribution in [0.1, 0.15) is 6.42 Å². The lowest BCUT2D eigenvalue weighted by atomic mass is 10.1. The van der Waals surface area contributed by atoms with Crippen molar-refractivity contribution in [3.8, 4) is 0 Å². The lowest BCUT2D eigenvalue weighted by Gasteiger charge is -2.38. The molecule has 0 saturated carbocycles. The fourth-order valence-electron chi connectivity index (χ4n) is 1.96. The Bertz CT molecular complexity index is 273. The Hall–Kier alpha value is -1.14. The zero-order valence-corrected chi connectivity index (χ0v) is 8.82. The SMILES string of the molecule is CN1CCN([C@@H]2CC(=O)NNC2=O)CC1. The van der Waals surface area contributed by atoms with Crippen molar-refractivity contribution in [2.45, 2.75) is 12.5 Å². The second-order valence-corrected chi connectivity index (χ2v) is 4.10. The van der Waals surface area contributed by atoms with Crippen LogP contribution in [0.4, 0.5) is 0 Å². The molecule has 2 amide bonds. The average molecular weight is 212 g/mol. The third-order valence-corrected chi connectivity index (χ3v) is 2.99. The molecule has 2 heterocycles. The smallest absolute Gasteiger partial charge is 0.256 e. The Morgan fingerprint density at radius 3 is 2.47 bits per heavy atom. The number of amides is 2. The van der Waals surface area contributed by atoms with Gasteiger partial charge < -0.3 is 4.90 Å². The number of piperazine rings is 1. The predicted octanol–water partition coefficient (Wildman–Crippen LogP) is -1.85. The van der Waals surface area contributed by atoms with Crippen molar-refractivity contribution < 1.29 is 9.59 Å². The molecular formula is C9H16N4O2. The second kappa shape index (κ2) is 4.16. The predicted molar refractivity (Wildman–Crippen MR) is 53.8 cm³/mol. The summed E-state index contributed by atoms with van der Waals surface area (Å²) < 4.78 is 0. The van der Waals surface area contributed by atoms with Crippen LogP contribution < -0.4 is 10.9 Å². The fraction of sp³-hybridized carbons (Fsp3) is 0.778. The number of rotatable bonds is 1. The van der Waals surface area contributed by atoms with Crippen LogP contribution in [0.2, 0.25) is 0 Å². The molecule has 1 atom stereocenters. The molecule has 2 fully saturated rings. The summed E-state index contributed by atoms with van der Waals surface area (Å²) in [5.74, 6) is -0.210. The van der Waals surface area contributed by atoms with E-state index in [9.17, 15) is 9.59 Å². The van der Waals surface area contributed by atoms with Gasteiger partial charge in [-0.15, -0.1) is 0 Å². The summed E-state index contributed by atoms with van der Waals surface area (Å²) in [5.41, 5.74) is 4.73. The third-order valence-electron chi connectivity index (χ3n) is 2.99. The van der Waals surface area contributed by atoms with Gasteiger partial charge in [0.25, 0.3) is 5.91 Å². The van der Waals surface area contributed by atoms with Gasteiger partial charge in [-0.3, -0.25) is 25.3 Å². The van der Waals surface area contributed by atoms with Crippen LogP contribution in [0.15, 0.2) is 0 Å². The van der Waals surface area contributed by atoms with E-state index in [0.29, 0.717) is 0 Å². The summed E-state index contributed by atoms with van der Waals surface area (Å²) in [5, 5.41) is 0. The molecule has 6 nitrogen and oxygen atoms in total. The maximum absolute atomic E-state index is 11.5. The number of carbonyl (C=O) groups excluding carboxylic acids is 2. The van der Waals surface area contributed by atoms with Gasteiger partial charge in [0.2, 0.25) is 5.91 Å². The molecule has 0 aliphatic carbocycles. The first-order valence-electron chi connectivity index (χ1n) is 5.18. The molecule has 0 aromatic carbocycles. The van der Waals surface area contributed by atoms with E-state index in [1.807, 2.05) is 0 Å². The number of hydrogen-bond acceptors (Lipinski definition) is 4. The monoisotopic (exact) mass is 212 g/mol. The maximum atomic E-state index is 11.5. The molecular weight excluding hydrogens is 196 g/mol. The minimum Gasteiger partial charge on any atom is -0.304 e. The minimum absolute atomic E-state index is 0.0980. The number of hydrazine groups is 1. The Morgan fingerprint density at radius 1 is 1.13 bits per heavy atom. The summed E-state index contributed by atoms with van der Waals surface area (Å²) in [7, 11) is 2.06. The summed E-state index contributed by atoms with van der Waals surface area (Å²) in [6.07, 6.45) is 0.273. The van der Waals surface area contributed by atoms with E-state index >= 15 is 0 Å². The number of likely N-dealkylation sites (N-methyl/N-ethyl adjacent to an activating group) is 1. The second-order valence-electron chi connectivity index (χ2n) is 4.10. The lowest BCUT2D eigenvalue weighted by Crippen LogP contribution is -2.61. The Kier molecular flexibility index (Phi) is 2.88. The van der Waals surface area contributed by atoms with Crippen LogP contribution >= 0.6 is 0 Å². The van der Waals surface area contributed by atoms with E-state index in [1.54, 1.807) is 0 Å². The molecule has 2 aliphatic rings. The quantitative estimate of drug-likeness (QED) is 0.536. The highest BCUT2D eigenvalue weighted by molar-refractivity contribution is 5.93. The van der Waals surface area contributed by atoms with Crippen molar-refractivity contribution >= 4 is 11.8 Å². The number of nitrogens with zero attached hydrogens (tertiary/aromatic N) is 2. The van der Waals surface area contributed by atoms with Crippen LogP contribution in [0.25, 0.3) is 0 Å². The molecule has 0 spiro atoms. The van der Waals surface area contributed by atoms with Crippen molar-refractivity contribution in [1.82, 2.24) is 20.7 Å². The van der Waals surface area contributed by atoms with Gasteiger partial charge in [0.05, 0.1) is 12.5 Å². The molecule has 2 aliphatic heterocycles. The molecule has 2 rings (SSSR count). The van der Waals surface area contributed by atoms with Crippen LogP contribution in [-0.4, -0.2) is 60.9 Å². The minimum atomic E-state index is -0.285. The van der Waals surface area contributed by atoms with Crippen LogP contribution in [0, 0.1) is 0 Å². The van der Waals surface area contributed by atoms with Crippen molar-refractivity contribution in [2.75, 3.05) is 33.2 Å². The van der Waals surface area contributed by atoms with Gasteiger partial charge in [0, 0.05) is 26.2 Å². The fourth-order valence-corrected chi connectivity index (χ4v) is 1.96. The van der Waals surface area contributed by atoms with Gasteiger partial charge >= 0.3 is 0 Å². The number of nitrogens with one attached hydrogen (secondary N) is 2. The summed E-state index contributed by atoms with van der Waals surface area (Å²) in [6, 6.07) is -0.285. The lowest BCUT2D eigenvalue weighted by molar-refractivity contribution is -0.140. The maximum Gasteiger partial charge on any atom is 0.256 e. The highest BCUT2D eigenvalue weighted by atomic mass is 16.2. The Morgan fingerprint density at radius 2 is 1.80 bits per heavy atom. The zero-order chi connectivity index (χ0) is 10.8. The Balaban J connectivity index is 1.96. The van der Waals surface area contributed by atoms with Gasteiger partial charge in [0.15, 0.2) is 0 Å². The third kappa shape index (κ3) is 2.27. The van der Waals surface area contributed by atoms with Gasteiger partial charge in [-0.2, -0.15) is 0 Å². The molecule has 2 saturated heterocycles. The normalized spacial score (nSPS) is 29.8. The number of carbonyl (C=O) groups is 2. The average Bonchev–Trinajstić information content (AvgIpc) is 2.23. The molecule has 0 aromatic rings. The van der Waals surface area contributed by atoms with E-state index in [0.717, 1.165) is 26.2 Å². The van der Waals surface area contributed by atoms with Crippen molar-refractivity contribution in [2.24, 2.45) is 0 Å². The summed E-state index contributed by atoms with van der Waals surface area (Å²) >= 11 is 0. The first-order valence-corrected chi connectivity index (χ1v) is 5.18. The summed E-state index contributed by atoms with van der Waals surface area (Å²) in [6.45, 7) is 3.60. The van der Waals surface area contributed by atoms with E-state index in [-0.39, 0.29) is 24.3 Å². The summed E-state index contributed by atoms with van der Waals surface area (Å²) in [4.78, 5) is 27.0. The van der Waals surface area contributed by atoms with Crippen molar-refractivity contribution in [1.29, 1.82) is 0 Å². The zero-order valence-electron chi connectivity index (χ0n) is 8.82. The molecule has 15 heavy (non-hydrogen) atoms. The van der Waals surface area contributed by atoms with Gasteiger partial charge in [-0.05, 0) is 7.05 Å². The van der Waals surface area contributed by atoms with Crippen molar-refractivity contribution in [3.05, 3.63) is 0 Å². The molecule has 0 aromatic heterocycles. The number of hydrogen-bond donors (Lipinski definition) is 2. The van der Waals surface area contributed by atoms with E-state index in [2.05, 4.69) is 27.7 Å².